The smallest absolute Gasteiger partial charge is 0.259 e. The first-order valence-electron chi connectivity index (χ1n) is 11.9. The van der Waals surface area contributed by atoms with Gasteiger partial charge in [-0.25, -0.2) is 0 Å². The van der Waals surface area contributed by atoms with Crippen molar-refractivity contribution in [2.75, 3.05) is 52.6 Å². The Morgan fingerprint density at radius 1 is 1.17 bits per heavy atom. The van der Waals surface area contributed by atoms with Crippen molar-refractivity contribution in [2.24, 2.45) is 0 Å². The molecule has 9 nitrogen and oxygen atoms in total. The normalized spacial score (nSPS) is 20.8. The molecule has 1 aromatic heterocycles. The molecule has 190 valence electrons. The summed E-state index contributed by atoms with van der Waals surface area (Å²) in [5, 5.41) is 4.65. The second kappa shape index (κ2) is 11.0. The zero-order chi connectivity index (χ0) is 25.0. The highest BCUT2D eigenvalue weighted by Gasteiger charge is 2.43. The van der Waals surface area contributed by atoms with E-state index in [9.17, 15) is 9.59 Å². The largest absolute Gasteiger partial charge is 0.490 e. The number of benzene rings is 1. The predicted molar refractivity (Wildman–Crippen MR) is 129 cm³/mol. The molecule has 2 aliphatic heterocycles. The minimum atomic E-state index is -1.02. The Kier molecular flexibility index (Phi) is 7.98. The second-order valence-electron chi connectivity index (χ2n) is 9.33. The van der Waals surface area contributed by atoms with Crippen molar-refractivity contribution in [1.82, 2.24) is 15.0 Å². The average Bonchev–Trinajstić information content (AvgIpc) is 3.25. The monoisotopic (exact) mass is 505 g/mol. The summed E-state index contributed by atoms with van der Waals surface area (Å²) in [6, 6.07) is 7.06. The summed E-state index contributed by atoms with van der Waals surface area (Å²) in [6.45, 7) is 8.72. The molecule has 0 saturated carbocycles. The molecule has 2 saturated heterocycles. The highest BCUT2D eigenvalue weighted by molar-refractivity contribution is 6.30. The first-order chi connectivity index (χ1) is 16.8. The van der Waals surface area contributed by atoms with E-state index >= 15 is 0 Å². The number of aromatic nitrogens is 1. The molecule has 1 aromatic carbocycles. The lowest BCUT2D eigenvalue weighted by molar-refractivity contribution is -0.155. The van der Waals surface area contributed by atoms with Crippen LogP contribution in [-0.4, -0.2) is 85.0 Å². The molecule has 1 atom stereocenters. The Bertz CT molecular complexity index is 1050. The third-order valence-corrected chi connectivity index (χ3v) is 6.56. The molecule has 0 N–H and O–H groups in total. The molecule has 4 rings (SSSR count). The second-order valence-corrected chi connectivity index (χ2v) is 9.76. The molecule has 3 heterocycles. The van der Waals surface area contributed by atoms with Crippen molar-refractivity contribution in [3.63, 3.8) is 0 Å². The van der Waals surface area contributed by atoms with Crippen molar-refractivity contribution in [2.45, 2.75) is 38.7 Å². The van der Waals surface area contributed by atoms with Gasteiger partial charge in [-0.15, -0.1) is 0 Å². The van der Waals surface area contributed by atoms with Gasteiger partial charge in [0, 0.05) is 24.7 Å². The van der Waals surface area contributed by atoms with Crippen molar-refractivity contribution < 1.29 is 28.3 Å². The van der Waals surface area contributed by atoms with Crippen LogP contribution in [0.5, 0.6) is 5.75 Å². The van der Waals surface area contributed by atoms with Crippen LogP contribution in [0.3, 0.4) is 0 Å². The maximum absolute atomic E-state index is 13.6. The van der Waals surface area contributed by atoms with Crippen LogP contribution in [-0.2, 0) is 14.3 Å². The minimum Gasteiger partial charge on any atom is -0.490 e. The SMILES string of the molecule is Cc1onc(C(C)C)c1C(=O)N1CCOC(COc2cccc(Cl)c2)(CC(=O)N2CCOCC2)C1. The van der Waals surface area contributed by atoms with E-state index in [4.69, 9.17) is 30.3 Å². The average molecular weight is 506 g/mol. The zero-order valence-electron chi connectivity index (χ0n) is 20.4. The van der Waals surface area contributed by atoms with Crippen LogP contribution < -0.4 is 4.74 Å². The van der Waals surface area contributed by atoms with Gasteiger partial charge in [-0.3, -0.25) is 9.59 Å². The van der Waals surface area contributed by atoms with Gasteiger partial charge in [0.15, 0.2) is 0 Å². The number of morpholine rings is 2. The topological polar surface area (TPSA) is 94.3 Å². The number of carbonyl (C=O) groups is 2. The highest BCUT2D eigenvalue weighted by Crippen LogP contribution is 2.29. The summed E-state index contributed by atoms with van der Waals surface area (Å²) in [7, 11) is 0. The number of rotatable bonds is 7. The van der Waals surface area contributed by atoms with Crippen LogP contribution in [0.4, 0.5) is 0 Å². The van der Waals surface area contributed by atoms with Crippen molar-refractivity contribution in [3.8, 4) is 5.75 Å². The molecule has 0 spiro atoms. The maximum atomic E-state index is 13.6. The summed E-state index contributed by atoms with van der Waals surface area (Å²) in [6.07, 6.45) is 0.0804. The maximum Gasteiger partial charge on any atom is 0.259 e. The quantitative estimate of drug-likeness (QED) is 0.569. The van der Waals surface area contributed by atoms with Crippen LogP contribution in [0.1, 0.15) is 48.0 Å². The van der Waals surface area contributed by atoms with Crippen molar-refractivity contribution in [1.29, 1.82) is 0 Å². The fourth-order valence-corrected chi connectivity index (χ4v) is 4.62. The number of hydrogen-bond acceptors (Lipinski definition) is 7. The van der Waals surface area contributed by atoms with Gasteiger partial charge in [0.1, 0.15) is 29.3 Å². The van der Waals surface area contributed by atoms with E-state index in [0.29, 0.717) is 60.6 Å². The van der Waals surface area contributed by atoms with Gasteiger partial charge in [-0.2, -0.15) is 0 Å². The van der Waals surface area contributed by atoms with E-state index in [1.807, 2.05) is 13.8 Å². The van der Waals surface area contributed by atoms with Gasteiger partial charge < -0.3 is 28.5 Å². The predicted octanol–water partition coefficient (Wildman–Crippen LogP) is 3.30. The van der Waals surface area contributed by atoms with Gasteiger partial charge in [-0.1, -0.05) is 36.7 Å². The van der Waals surface area contributed by atoms with E-state index < -0.39 is 5.60 Å². The van der Waals surface area contributed by atoms with E-state index in [2.05, 4.69) is 5.16 Å². The van der Waals surface area contributed by atoms with Gasteiger partial charge in [0.2, 0.25) is 5.91 Å². The number of halogens is 1. The Balaban J connectivity index is 1.57. The molecule has 2 aromatic rings. The summed E-state index contributed by atoms with van der Waals surface area (Å²) < 4.78 is 23.0. The number of aryl methyl sites for hydroxylation is 1. The first kappa shape index (κ1) is 25.5. The van der Waals surface area contributed by atoms with Crippen LogP contribution in [0.15, 0.2) is 28.8 Å². The lowest BCUT2D eigenvalue weighted by Gasteiger charge is -2.43. The summed E-state index contributed by atoms with van der Waals surface area (Å²) in [5.74, 6) is 0.851. The third-order valence-electron chi connectivity index (χ3n) is 6.32. The number of amides is 2. The van der Waals surface area contributed by atoms with E-state index in [-0.39, 0.29) is 43.9 Å². The Morgan fingerprint density at radius 2 is 1.91 bits per heavy atom. The standard InChI is InChI=1S/C25H32ClN3O6/c1-17(2)23-22(18(3)35-27-23)24(31)29-9-12-34-25(15-29,14-21(30)28-7-10-32-11-8-28)16-33-20-6-4-5-19(26)13-20/h4-6,13,17H,7-12,14-16H2,1-3H3. The van der Waals surface area contributed by atoms with Crippen LogP contribution >= 0.6 is 11.6 Å². The fraction of sp³-hybridized carbons (Fsp3) is 0.560. The van der Waals surface area contributed by atoms with Gasteiger partial charge in [0.05, 0.1) is 38.5 Å². The Labute approximate surface area is 210 Å². The lowest BCUT2D eigenvalue weighted by Crippen LogP contribution is -2.59. The molecule has 0 radical (unpaired) electrons. The molecule has 10 heteroatoms. The van der Waals surface area contributed by atoms with Crippen LogP contribution in [0.25, 0.3) is 0 Å². The van der Waals surface area contributed by atoms with Gasteiger partial charge >= 0.3 is 0 Å². The van der Waals surface area contributed by atoms with E-state index in [1.165, 1.54) is 0 Å². The minimum absolute atomic E-state index is 0.0336. The molecular formula is C25H32ClN3O6. The van der Waals surface area contributed by atoms with E-state index in [1.54, 1.807) is 41.0 Å². The molecule has 0 aliphatic carbocycles. The molecule has 35 heavy (non-hydrogen) atoms. The summed E-state index contributed by atoms with van der Waals surface area (Å²) in [5.41, 5.74) is 0.0875. The van der Waals surface area contributed by atoms with Gasteiger partial charge in [-0.05, 0) is 31.0 Å². The Morgan fingerprint density at radius 3 is 2.63 bits per heavy atom. The molecule has 2 aliphatic rings. The number of nitrogens with zero attached hydrogens (tertiary/aromatic N) is 3. The third kappa shape index (κ3) is 5.97. The molecular weight excluding hydrogens is 474 g/mol. The molecule has 2 fully saturated rings. The summed E-state index contributed by atoms with van der Waals surface area (Å²) >= 11 is 6.11. The van der Waals surface area contributed by atoms with Crippen LogP contribution in [0.2, 0.25) is 5.02 Å². The zero-order valence-corrected chi connectivity index (χ0v) is 21.2. The van der Waals surface area contributed by atoms with Crippen molar-refractivity contribution >= 4 is 23.4 Å². The Hall–Kier alpha value is -2.62. The number of hydrogen-bond donors (Lipinski definition) is 0. The lowest BCUT2D eigenvalue weighted by atomic mass is 9.95. The fourth-order valence-electron chi connectivity index (χ4n) is 4.44. The number of ether oxygens (including phenoxy) is 3. The van der Waals surface area contributed by atoms with Crippen molar-refractivity contribution in [3.05, 3.63) is 46.3 Å². The summed E-state index contributed by atoms with van der Waals surface area (Å²) in [4.78, 5) is 30.3. The number of carbonyl (C=O) groups excluding carboxylic acids is 2. The molecule has 1 unspecified atom stereocenters. The van der Waals surface area contributed by atoms with E-state index in [0.717, 1.165) is 0 Å². The first-order valence-corrected chi connectivity index (χ1v) is 12.3. The molecule has 0 bridgehead atoms. The highest BCUT2D eigenvalue weighted by atomic mass is 35.5. The molecule has 2 amide bonds. The van der Waals surface area contributed by atoms with Gasteiger partial charge in [0.25, 0.3) is 5.91 Å². The van der Waals surface area contributed by atoms with Crippen LogP contribution in [0, 0.1) is 6.92 Å².